The molecule has 0 unspecified atom stereocenters. The lowest BCUT2D eigenvalue weighted by Crippen LogP contribution is -2.54. The van der Waals surface area contributed by atoms with Crippen molar-refractivity contribution in [1.82, 2.24) is 20.2 Å². The Balaban J connectivity index is 2.21. The molecule has 106 valence electrons. The normalized spacial score (nSPS) is 11.4. The Kier molecular flexibility index (Phi) is 3.48. The van der Waals surface area contributed by atoms with Crippen molar-refractivity contribution in [3.05, 3.63) is 30.1 Å². The lowest BCUT2D eigenvalue weighted by atomic mass is 10.0. The molecule has 2 amide bonds. The van der Waals surface area contributed by atoms with Crippen molar-refractivity contribution in [2.45, 2.75) is 19.4 Å². The van der Waals surface area contributed by atoms with Gasteiger partial charge in [0.25, 0.3) is 5.91 Å². The van der Waals surface area contributed by atoms with E-state index in [1.165, 1.54) is 4.90 Å². The number of fused-ring (bicyclic) bond motifs is 1. The minimum Gasteiger partial charge on any atom is -0.347 e. The van der Waals surface area contributed by atoms with Crippen LogP contribution in [0.25, 0.3) is 11.0 Å². The predicted molar refractivity (Wildman–Crippen MR) is 76.3 cm³/mol. The number of nitrogens with one attached hydrogen (secondary N) is 2. The molecule has 0 saturated heterocycles. The number of imidazole rings is 1. The lowest BCUT2D eigenvalue weighted by Gasteiger charge is -2.28. The monoisotopic (exact) mass is 274 g/mol. The second-order valence-electron chi connectivity index (χ2n) is 5.41. The summed E-state index contributed by atoms with van der Waals surface area (Å²) in [5.41, 5.74) is 1.12. The fourth-order valence-corrected chi connectivity index (χ4v) is 2.05. The molecule has 0 radical (unpaired) electrons. The number of amides is 2. The highest BCUT2D eigenvalue weighted by Gasteiger charge is 2.31. The highest BCUT2D eigenvalue weighted by Crippen LogP contribution is 2.13. The van der Waals surface area contributed by atoms with Gasteiger partial charge in [-0.25, -0.2) is 4.98 Å². The molecule has 0 atom stereocenters. The topological polar surface area (TPSA) is 78.1 Å². The predicted octanol–water partition coefficient (Wildman–Crippen LogP) is 1.16. The zero-order valence-corrected chi connectivity index (χ0v) is 12.0. The number of benzene rings is 1. The summed E-state index contributed by atoms with van der Waals surface area (Å²) in [7, 11) is 3.32. The Morgan fingerprint density at radius 1 is 1.30 bits per heavy atom. The zero-order chi connectivity index (χ0) is 14.9. The van der Waals surface area contributed by atoms with Gasteiger partial charge in [0.2, 0.25) is 5.91 Å². The van der Waals surface area contributed by atoms with Crippen LogP contribution in [-0.2, 0) is 4.79 Å². The van der Waals surface area contributed by atoms with Crippen LogP contribution in [0.3, 0.4) is 0 Å². The van der Waals surface area contributed by atoms with E-state index in [4.69, 9.17) is 0 Å². The standard InChI is InChI=1S/C14H18N4O2/c1-14(2,13(20)18(3)4)17-12(19)9-5-6-10-11(7-9)16-8-15-10/h5-8H,1-4H3,(H,15,16)(H,17,19). The van der Waals surface area contributed by atoms with E-state index in [0.717, 1.165) is 11.0 Å². The molecule has 0 aliphatic rings. The van der Waals surface area contributed by atoms with E-state index >= 15 is 0 Å². The number of rotatable bonds is 3. The van der Waals surface area contributed by atoms with Crippen LogP contribution in [0.1, 0.15) is 24.2 Å². The number of carbonyl (C=O) groups is 2. The van der Waals surface area contributed by atoms with Gasteiger partial charge in [-0.05, 0) is 32.0 Å². The first-order valence-electron chi connectivity index (χ1n) is 6.28. The van der Waals surface area contributed by atoms with Crippen LogP contribution in [0, 0.1) is 0 Å². The van der Waals surface area contributed by atoms with E-state index in [1.54, 1.807) is 52.5 Å². The summed E-state index contributed by atoms with van der Waals surface area (Å²) in [6.45, 7) is 3.37. The number of hydrogen-bond acceptors (Lipinski definition) is 3. The van der Waals surface area contributed by atoms with Crippen molar-refractivity contribution >= 4 is 22.8 Å². The molecule has 1 heterocycles. The second kappa shape index (κ2) is 4.96. The van der Waals surface area contributed by atoms with Crippen LogP contribution in [0.5, 0.6) is 0 Å². The molecule has 2 N–H and O–H groups in total. The fourth-order valence-electron chi connectivity index (χ4n) is 2.05. The molecule has 6 heteroatoms. The van der Waals surface area contributed by atoms with Gasteiger partial charge in [0.15, 0.2) is 0 Å². The maximum atomic E-state index is 12.2. The van der Waals surface area contributed by atoms with Crippen molar-refractivity contribution in [2.24, 2.45) is 0 Å². The van der Waals surface area contributed by atoms with E-state index in [9.17, 15) is 9.59 Å². The molecule has 0 saturated carbocycles. The maximum absolute atomic E-state index is 12.2. The molecular formula is C14H18N4O2. The van der Waals surface area contributed by atoms with Crippen LogP contribution in [0.15, 0.2) is 24.5 Å². The summed E-state index contributed by atoms with van der Waals surface area (Å²) in [5.74, 6) is -0.449. The van der Waals surface area contributed by atoms with E-state index in [2.05, 4.69) is 15.3 Å². The molecule has 1 aromatic heterocycles. The maximum Gasteiger partial charge on any atom is 0.252 e. The number of aromatic nitrogens is 2. The third-order valence-electron chi connectivity index (χ3n) is 3.05. The molecule has 2 rings (SSSR count). The van der Waals surface area contributed by atoms with Crippen LogP contribution >= 0.6 is 0 Å². The van der Waals surface area contributed by atoms with Gasteiger partial charge in [-0.15, -0.1) is 0 Å². The van der Waals surface area contributed by atoms with E-state index in [1.807, 2.05) is 0 Å². The molecule has 0 fully saturated rings. The number of H-pyrrole nitrogens is 1. The van der Waals surface area contributed by atoms with Gasteiger partial charge in [-0.1, -0.05) is 0 Å². The first-order valence-corrected chi connectivity index (χ1v) is 6.28. The van der Waals surface area contributed by atoms with E-state index < -0.39 is 5.54 Å². The Bertz CT molecular complexity index is 658. The minimum atomic E-state index is -0.955. The quantitative estimate of drug-likeness (QED) is 0.881. The molecule has 6 nitrogen and oxygen atoms in total. The fraction of sp³-hybridized carbons (Fsp3) is 0.357. The van der Waals surface area contributed by atoms with Gasteiger partial charge in [0.1, 0.15) is 5.54 Å². The summed E-state index contributed by atoms with van der Waals surface area (Å²) in [4.78, 5) is 32.7. The molecule has 20 heavy (non-hydrogen) atoms. The third kappa shape index (κ3) is 2.64. The van der Waals surface area contributed by atoms with Gasteiger partial charge in [-0.2, -0.15) is 0 Å². The summed E-state index contributed by atoms with van der Waals surface area (Å²) >= 11 is 0. The summed E-state index contributed by atoms with van der Waals surface area (Å²) in [5, 5.41) is 2.75. The highest BCUT2D eigenvalue weighted by atomic mass is 16.2. The first-order chi connectivity index (χ1) is 9.31. The van der Waals surface area contributed by atoms with E-state index in [0.29, 0.717) is 5.56 Å². The average molecular weight is 274 g/mol. The first kappa shape index (κ1) is 14.0. The number of likely N-dealkylation sites (N-methyl/N-ethyl adjacent to an activating group) is 1. The Morgan fingerprint density at radius 2 is 2.00 bits per heavy atom. The average Bonchev–Trinajstić information content (AvgIpc) is 2.84. The smallest absolute Gasteiger partial charge is 0.252 e. The Hall–Kier alpha value is -2.37. The molecule has 0 bridgehead atoms. The van der Waals surface area contributed by atoms with Crippen molar-refractivity contribution in [3.63, 3.8) is 0 Å². The van der Waals surface area contributed by atoms with Crippen LogP contribution < -0.4 is 5.32 Å². The molecule has 2 aromatic rings. The number of carbonyl (C=O) groups excluding carboxylic acids is 2. The molecule has 0 aliphatic carbocycles. The largest absolute Gasteiger partial charge is 0.347 e. The Labute approximate surface area is 117 Å². The Morgan fingerprint density at radius 3 is 2.65 bits per heavy atom. The number of aromatic amines is 1. The van der Waals surface area contributed by atoms with Crippen LogP contribution in [0.2, 0.25) is 0 Å². The molecular weight excluding hydrogens is 256 g/mol. The van der Waals surface area contributed by atoms with Gasteiger partial charge in [-0.3, -0.25) is 9.59 Å². The van der Waals surface area contributed by atoms with Crippen molar-refractivity contribution < 1.29 is 9.59 Å². The summed E-state index contributed by atoms with van der Waals surface area (Å²) in [6, 6.07) is 5.17. The number of nitrogens with zero attached hydrogens (tertiary/aromatic N) is 2. The van der Waals surface area contributed by atoms with Gasteiger partial charge < -0.3 is 15.2 Å². The lowest BCUT2D eigenvalue weighted by molar-refractivity contribution is -0.134. The molecule has 0 aliphatic heterocycles. The zero-order valence-electron chi connectivity index (χ0n) is 12.0. The van der Waals surface area contributed by atoms with Gasteiger partial charge in [0, 0.05) is 19.7 Å². The van der Waals surface area contributed by atoms with E-state index in [-0.39, 0.29) is 11.8 Å². The SMILES string of the molecule is CN(C)C(=O)C(C)(C)NC(=O)c1ccc2nc[nH]c2c1. The third-order valence-corrected chi connectivity index (χ3v) is 3.05. The number of hydrogen-bond donors (Lipinski definition) is 2. The second-order valence-corrected chi connectivity index (χ2v) is 5.41. The van der Waals surface area contributed by atoms with Gasteiger partial charge >= 0.3 is 0 Å². The highest BCUT2D eigenvalue weighted by molar-refractivity contribution is 6.00. The van der Waals surface area contributed by atoms with Crippen molar-refractivity contribution in [2.75, 3.05) is 14.1 Å². The molecule has 0 spiro atoms. The van der Waals surface area contributed by atoms with Crippen molar-refractivity contribution in [3.8, 4) is 0 Å². The van der Waals surface area contributed by atoms with Crippen LogP contribution in [0.4, 0.5) is 0 Å². The van der Waals surface area contributed by atoms with Crippen molar-refractivity contribution in [1.29, 1.82) is 0 Å². The van der Waals surface area contributed by atoms with Gasteiger partial charge in [0.05, 0.1) is 17.4 Å². The summed E-state index contributed by atoms with van der Waals surface area (Å²) in [6.07, 6.45) is 1.58. The molecule has 1 aromatic carbocycles. The minimum absolute atomic E-state index is 0.159. The summed E-state index contributed by atoms with van der Waals surface area (Å²) < 4.78 is 0. The van der Waals surface area contributed by atoms with Crippen LogP contribution in [-0.4, -0.2) is 46.3 Å².